The van der Waals surface area contributed by atoms with Gasteiger partial charge in [0, 0.05) is 12.1 Å². The molecule has 1 spiro atoms. The lowest BCUT2D eigenvalue weighted by atomic mass is 9.69. The van der Waals surface area contributed by atoms with Crippen LogP contribution in [-0.2, 0) is 10.3 Å². The number of rotatable bonds is 5. The lowest BCUT2D eigenvalue weighted by molar-refractivity contribution is -0.118. The molecule has 130 valence electrons. The molecule has 1 aliphatic carbocycles. The molecule has 1 aromatic carbocycles. The largest absolute Gasteiger partial charge is 0.368 e. The number of carbonyl (C=O) groups excluding carboxylic acids is 2. The first-order chi connectivity index (χ1) is 11.5. The Morgan fingerprint density at radius 1 is 1.25 bits per heavy atom. The third-order valence-electron chi connectivity index (χ3n) is 5.40. The number of nitrogens with zero attached hydrogens (tertiary/aromatic N) is 1. The van der Waals surface area contributed by atoms with E-state index in [2.05, 4.69) is 41.8 Å². The third-order valence-corrected chi connectivity index (χ3v) is 5.40. The van der Waals surface area contributed by atoms with Crippen molar-refractivity contribution in [2.75, 3.05) is 19.6 Å². The van der Waals surface area contributed by atoms with Crippen LogP contribution in [0.5, 0.6) is 0 Å². The highest BCUT2D eigenvalue weighted by Crippen LogP contribution is 2.43. The lowest BCUT2D eigenvalue weighted by Crippen LogP contribution is -2.54. The third kappa shape index (κ3) is 3.11. The van der Waals surface area contributed by atoms with Gasteiger partial charge in [-0.15, -0.1) is 0 Å². The average Bonchev–Trinajstić information content (AvgIpc) is 2.86. The van der Waals surface area contributed by atoms with E-state index in [4.69, 9.17) is 5.73 Å². The minimum Gasteiger partial charge on any atom is -0.368 e. The van der Waals surface area contributed by atoms with E-state index in [1.807, 2.05) is 6.07 Å². The molecule has 6 heteroatoms. The summed E-state index contributed by atoms with van der Waals surface area (Å²) in [6.07, 6.45) is 3.68. The van der Waals surface area contributed by atoms with E-state index in [9.17, 15) is 9.59 Å². The summed E-state index contributed by atoms with van der Waals surface area (Å²) in [6, 6.07) is 10.4. The lowest BCUT2D eigenvalue weighted by Gasteiger charge is -2.45. The summed E-state index contributed by atoms with van der Waals surface area (Å²) in [5.41, 5.74) is 6.27. The van der Waals surface area contributed by atoms with Crippen molar-refractivity contribution in [1.29, 1.82) is 0 Å². The molecule has 1 aliphatic heterocycles. The summed E-state index contributed by atoms with van der Waals surface area (Å²) in [5, 5.41) is 6.78. The van der Waals surface area contributed by atoms with Gasteiger partial charge >= 0.3 is 6.03 Å². The number of hydrogen-bond donors (Lipinski definition) is 3. The monoisotopic (exact) mass is 330 g/mol. The highest BCUT2D eigenvalue weighted by Gasteiger charge is 2.49. The van der Waals surface area contributed by atoms with Crippen LogP contribution in [0.4, 0.5) is 4.79 Å². The second-order valence-electron chi connectivity index (χ2n) is 7.01. The van der Waals surface area contributed by atoms with E-state index in [1.54, 1.807) is 0 Å². The highest BCUT2D eigenvalue weighted by atomic mass is 16.2. The molecule has 3 rings (SSSR count). The Morgan fingerprint density at radius 2 is 1.92 bits per heavy atom. The number of amides is 3. The first-order valence-electron chi connectivity index (χ1n) is 8.65. The van der Waals surface area contributed by atoms with Crippen LogP contribution in [0.25, 0.3) is 0 Å². The van der Waals surface area contributed by atoms with Crippen molar-refractivity contribution in [2.45, 2.75) is 43.7 Å². The molecule has 0 bridgehead atoms. The van der Waals surface area contributed by atoms with Gasteiger partial charge in [0.15, 0.2) is 0 Å². The summed E-state index contributed by atoms with van der Waals surface area (Å²) < 4.78 is 0. The first kappa shape index (κ1) is 16.8. The zero-order chi connectivity index (χ0) is 17.2. The Bertz CT molecular complexity index is 609. The zero-order valence-corrected chi connectivity index (χ0v) is 14.2. The van der Waals surface area contributed by atoms with Gasteiger partial charge in [0.1, 0.15) is 6.54 Å². The maximum absolute atomic E-state index is 12.1. The van der Waals surface area contributed by atoms with Crippen LogP contribution < -0.4 is 16.4 Å². The van der Waals surface area contributed by atoms with E-state index in [1.165, 1.54) is 10.5 Å². The first-order valence-corrected chi connectivity index (χ1v) is 8.65. The van der Waals surface area contributed by atoms with Crippen molar-refractivity contribution in [3.63, 3.8) is 0 Å². The Morgan fingerprint density at radius 3 is 2.50 bits per heavy atom. The Kier molecular flexibility index (Phi) is 4.49. The molecular weight excluding hydrogens is 304 g/mol. The molecule has 1 saturated heterocycles. The standard InChI is InChI=1S/C18H26N4O2/c1-2-20-18(14-6-4-3-5-7-14)10-8-17(9-11-18)13-22(12-15(19)23)16(24)21-17/h3-7,20H,2,8-13H2,1H3,(H2,19,23)(H,21,24)/t17-,18-. The topological polar surface area (TPSA) is 87.5 Å². The van der Waals surface area contributed by atoms with Gasteiger partial charge in [-0.3, -0.25) is 4.79 Å². The molecule has 0 radical (unpaired) electrons. The van der Waals surface area contributed by atoms with Crippen LogP contribution in [0, 0.1) is 0 Å². The number of urea groups is 1. The summed E-state index contributed by atoms with van der Waals surface area (Å²) in [7, 11) is 0. The molecule has 6 nitrogen and oxygen atoms in total. The van der Waals surface area contributed by atoms with Gasteiger partial charge in [0.05, 0.1) is 5.54 Å². The minimum atomic E-state index is -0.468. The van der Waals surface area contributed by atoms with Crippen LogP contribution in [0.3, 0.4) is 0 Å². The number of carbonyl (C=O) groups is 2. The van der Waals surface area contributed by atoms with Gasteiger partial charge in [-0.1, -0.05) is 37.3 Å². The SMILES string of the molecule is CCN[C@]1(c2ccccc2)CC[C@@]2(CC1)CN(CC(N)=O)C(=O)N2. The van der Waals surface area contributed by atoms with Gasteiger partial charge in [0.2, 0.25) is 5.91 Å². The van der Waals surface area contributed by atoms with Crippen LogP contribution in [0.15, 0.2) is 30.3 Å². The normalized spacial score (nSPS) is 29.7. The van der Waals surface area contributed by atoms with Crippen LogP contribution in [0.2, 0.25) is 0 Å². The zero-order valence-electron chi connectivity index (χ0n) is 14.2. The van der Waals surface area contributed by atoms with E-state index >= 15 is 0 Å². The molecule has 2 aliphatic rings. The van der Waals surface area contributed by atoms with Gasteiger partial charge < -0.3 is 21.3 Å². The van der Waals surface area contributed by atoms with Crippen molar-refractivity contribution in [2.24, 2.45) is 5.73 Å². The number of benzene rings is 1. The molecule has 3 amide bonds. The number of primary amides is 1. The molecule has 1 heterocycles. The summed E-state index contributed by atoms with van der Waals surface area (Å²) in [6.45, 7) is 3.58. The van der Waals surface area contributed by atoms with Gasteiger partial charge in [-0.2, -0.15) is 0 Å². The van der Waals surface area contributed by atoms with Crippen LogP contribution in [-0.4, -0.2) is 42.0 Å². The Labute approximate surface area is 142 Å². The number of hydrogen-bond acceptors (Lipinski definition) is 3. The van der Waals surface area contributed by atoms with E-state index in [0.717, 1.165) is 32.2 Å². The molecular formula is C18H26N4O2. The quantitative estimate of drug-likeness (QED) is 0.761. The second kappa shape index (κ2) is 6.43. The van der Waals surface area contributed by atoms with Gasteiger partial charge in [0.25, 0.3) is 0 Å². The summed E-state index contributed by atoms with van der Waals surface area (Å²) in [5.74, 6) is -0.468. The van der Waals surface area contributed by atoms with Gasteiger partial charge in [-0.05, 0) is 37.8 Å². The molecule has 2 fully saturated rings. The van der Waals surface area contributed by atoms with Crippen molar-refractivity contribution in [3.05, 3.63) is 35.9 Å². The maximum atomic E-state index is 12.1. The van der Waals surface area contributed by atoms with Crippen LogP contribution in [0.1, 0.15) is 38.2 Å². The minimum absolute atomic E-state index is 0.00930. The molecule has 0 unspecified atom stereocenters. The summed E-state index contributed by atoms with van der Waals surface area (Å²) >= 11 is 0. The molecule has 0 atom stereocenters. The number of nitrogens with one attached hydrogen (secondary N) is 2. The predicted molar refractivity (Wildman–Crippen MR) is 92.3 cm³/mol. The van der Waals surface area contributed by atoms with Crippen molar-refractivity contribution in [3.8, 4) is 0 Å². The summed E-state index contributed by atoms with van der Waals surface area (Å²) in [4.78, 5) is 24.8. The maximum Gasteiger partial charge on any atom is 0.318 e. The van der Waals surface area contributed by atoms with E-state index in [-0.39, 0.29) is 23.7 Å². The van der Waals surface area contributed by atoms with E-state index < -0.39 is 5.91 Å². The van der Waals surface area contributed by atoms with Gasteiger partial charge in [-0.25, -0.2) is 4.79 Å². The van der Waals surface area contributed by atoms with Crippen molar-refractivity contribution in [1.82, 2.24) is 15.5 Å². The van der Waals surface area contributed by atoms with Crippen molar-refractivity contribution >= 4 is 11.9 Å². The average molecular weight is 330 g/mol. The van der Waals surface area contributed by atoms with E-state index in [0.29, 0.717) is 6.54 Å². The fourth-order valence-electron chi connectivity index (χ4n) is 4.20. The number of nitrogens with two attached hydrogens (primary N) is 1. The second-order valence-corrected chi connectivity index (χ2v) is 7.01. The highest BCUT2D eigenvalue weighted by molar-refractivity contribution is 5.84. The molecule has 1 aromatic rings. The molecule has 4 N–H and O–H groups in total. The fraction of sp³-hybridized carbons (Fsp3) is 0.556. The molecule has 24 heavy (non-hydrogen) atoms. The molecule has 0 aromatic heterocycles. The predicted octanol–water partition coefficient (Wildman–Crippen LogP) is 1.31. The Hall–Kier alpha value is -2.08. The fourth-order valence-corrected chi connectivity index (χ4v) is 4.20. The molecule has 1 saturated carbocycles. The van der Waals surface area contributed by atoms with Crippen molar-refractivity contribution < 1.29 is 9.59 Å². The Balaban J connectivity index is 1.74. The van der Waals surface area contributed by atoms with Crippen LogP contribution >= 0.6 is 0 Å². The smallest absolute Gasteiger partial charge is 0.318 e.